The molecule has 0 amide bonds. The molecule has 18 rings (SSSR count). The average molecular weight is 1170 g/mol. The Hall–Kier alpha value is -9.71. The topological polar surface area (TPSA) is 28.2 Å². The zero-order valence-electron chi connectivity index (χ0n) is 48.0. The van der Waals surface area contributed by atoms with Crippen molar-refractivity contribution in [2.24, 2.45) is 0 Å². The van der Waals surface area contributed by atoms with Crippen LogP contribution >= 0.6 is 0 Å². The second-order valence-corrected chi connectivity index (χ2v) is 27.0. The van der Waals surface area contributed by atoms with Gasteiger partial charge in [-0.2, -0.15) is 0 Å². The maximum atomic E-state index is 6.63. The molecule has 4 aliphatic heterocycles. The summed E-state index contributed by atoms with van der Waals surface area (Å²) in [7, 11) is 0. The SMILES string of the molecule is CC1(C)c2cc(Oc3ccccc3)ccc2-c2cc3c4c(c21)N(c1ccccc1)c1ccccc1B4c1cc2c(cc1[Se]3)N(c1ccccc1)c1cc3c(c4c1B2c1ccccc1N4c1ccccc1)C(C)(C)c1cc(Oc2ccccc2)ccc1-3. The zero-order chi connectivity index (χ0) is 57.2. The summed E-state index contributed by atoms with van der Waals surface area (Å²) in [5, 5.41) is 0. The van der Waals surface area contributed by atoms with E-state index in [2.05, 4.69) is 243 Å². The van der Waals surface area contributed by atoms with Gasteiger partial charge < -0.3 is 0 Å². The van der Waals surface area contributed by atoms with Gasteiger partial charge >= 0.3 is 476 Å². The van der Waals surface area contributed by atoms with Crippen LogP contribution < -0.4 is 65.9 Å². The first kappa shape index (κ1) is 49.7. The van der Waals surface area contributed by atoms with Crippen molar-refractivity contribution in [3.05, 3.63) is 283 Å². The first-order chi connectivity index (χ1) is 42.2. The summed E-state index contributed by atoms with van der Waals surface area (Å²) in [5.74, 6) is 3.35. The van der Waals surface area contributed by atoms with Crippen LogP contribution in [0.25, 0.3) is 22.3 Å². The van der Waals surface area contributed by atoms with Gasteiger partial charge in [0.15, 0.2) is 0 Å². The van der Waals surface area contributed by atoms with Gasteiger partial charge in [-0.1, -0.05) is 18.2 Å². The van der Waals surface area contributed by atoms with E-state index in [0.717, 1.165) is 34.4 Å². The van der Waals surface area contributed by atoms with Gasteiger partial charge in [0.2, 0.25) is 0 Å². The van der Waals surface area contributed by atoms with E-state index in [4.69, 9.17) is 9.47 Å². The first-order valence-corrected chi connectivity index (χ1v) is 31.7. The van der Waals surface area contributed by atoms with Gasteiger partial charge in [0.05, 0.1) is 0 Å². The third-order valence-corrected chi connectivity index (χ3v) is 21.6. The summed E-state index contributed by atoms with van der Waals surface area (Å²) in [4.78, 5) is 7.84. The molecular weight excluding hydrogens is 1110 g/mol. The second-order valence-electron chi connectivity index (χ2n) is 24.7. The van der Waals surface area contributed by atoms with E-state index in [1.807, 2.05) is 60.7 Å². The zero-order valence-corrected chi connectivity index (χ0v) is 49.8. The fourth-order valence-corrected chi connectivity index (χ4v) is 18.2. The van der Waals surface area contributed by atoms with E-state index in [0.29, 0.717) is 0 Å². The van der Waals surface area contributed by atoms with Crippen LogP contribution in [0.2, 0.25) is 0 Å². The fourth-order valence-electron chi connectivity index (χ4n) is 15.7. The Labute approximate surface area is 509 Å². The van der Waals surface area contributed by atoms with Gasteiger partial charge in [0.1, 0.15) is 5.75 Å². The van der Waals surface area contributed by atoms with Gasteiger partial charge in [0, 0.05) is 0 Å². The molecule has 0 radical (unpaired) electrons. The number of para-hydroxylation sites is 7. The number of ether oxygens (including phenoxy) is 2. The average Bonchev–Trinajstić information content (AvgIpc) is 0.923. The van der Waals surface area contributed by atoms with Crippen LogP contribution in [0.15, 0.2) is 261 Å². The summed E-state index contributed by atoms with van der Waals surface area (Å²) >= 11 is -0.0827. The van der Waals surface area contributed by atoms with Crippen molar-refractivity contribution >= 4 is 121 Å². The molecule has 0 atom stereocenters. The molecule has 0 bridgehead atoms. The summed E-state index contributed by atoms with van der Waals surface area (Å²) in [5.41, 5.74) is 28.6. The van der Waals surface area contributed by atoms with E-state index in [1.54, 1.807) is 0 Å². The van der Waals surface area contributed by atoms with Crippen molar-refractivity contribution in [3.8, 4) is 45.3 Å². The number of benzene rings is 12. The number of rotatable bonds is 7. The van der Waals surface area contributed by atoms with Gasteiger partial charge in [-0.15, -0.1) is 0 Å². The molecule has 0 spiro atoms. The van der Waals surface area contributed by atoms with Crippen LogP contribution in [0, 0.1) is 0 Å². The fraction of sp³-hybridized carbons (Fsp3) is 0.0769. The predicted octanol–water partition coefficient (Wildman–Crippen LogP) is 14.2. The Balaban J connectivity index is 0.901. The van der Waals surface area contributed by atoms with Crippen molar-refractivity contribution in [2.75, 3.05) is 14.7 Å². The predicted molar refractivity (Wildman–Crippen MR) is 359 cm³/mol. The van der Waals surface area contributed by atoms with E-state index in [9.17, 15) is 0 Å². The Kier molecular flexibility index (Phi) is 10.6. The molecule has 0 saturated carbocycles. The van der Waals surface area contributed by atoms with E-state index in [1.165, 1.54) is 126 Å². The van der Waals surface area contributed by atoms with Crippen molar-refractivity contribution in [1.29, 1.82) is 0 Å². The van der Waals surface area contributed by atoms with Gasteiger partial charge in [-0.25, -0.2) is 0 Å². The molecule has 8 heteroatoms. The Bertz CT molecular complexity index is 4830. The normalized spacial score (nSPS) is 15.0. The molecule has 0 fully saturated rings. The van der Waals surface area contributed by atoms with Crippen molar-refractivity contribution < 1.29 is 9.47 Å². The van der Waals surface area contributed by atoms with E-state index < -0.39 is 5.41 Å². The Morgan fingerprint density at radius 3 is 1.26 bits per heavy atom. The van der Waals surface area contributed by atoms with Crippen LogP contribution in [0.1, 0.15) is 49.9 Å². The molecule has 2 aliphatic carbocycles. The van der Waals surface area contributed by atoms with E-state index >= 15 is 0 Å². The van der Waals surface area contributed by atoms with Gasteiger partial charge in [-0.3, -0.25) is 0 Å². The number of nitrogens with zero attached hydrogens (tertiary/aromatic N) is 3. The quantitative estimate of drug-likeness (QED) is 0.148. The molecule has 12 aromatic carbocycles. The molecule has 0 N–H and O–H groups in total. The monoisotopic (exact) mass is 1170 g/mol. The first-order valence-electron chi connectivity index (χ1n) is 30.0. The third-order valence-electron chi connectivity index (χ3n) is 19.3. The van der Waals surface area contributed by atoms with Crippen LogP contribution in [-0.2, 0) is 10.8 Å². The van der Waals surface area contributed by atoms with Crippen molar-refractivity contribution in [1.82, 2.24) is 0 Å². The standard InChI is InChI=1S/C78H55B2N3O2Se/c1-77(2)59-42-53(84-51-30-16-8-17-31-51)38-40-55(59)57-44-68-73-75(71(57)77)82(49-26-12-6-13-27-49)65-36-22-20-34-61(65)79(73)63-46-64-69(47-67(63)81(68)48-24-10-5-11-25-48)86-70-45-58-56-41-39-54(85-52-32-18-9-19-33-52)43-60(56)78(3,4)72(58)76-74(70)80(64)62-35-21-23-37-66(62)83(76)50-28-14-7-15-29-50/h5-47H,1-4H3. The minimum atomic E-state index is -0.411. The van der Waals surface area contributed by atoms with Gasteiger partial charge in [0.25, 0.3) is 0 Å². The summed E-state index contributed by atoms with van der Waals surface area (Å²) in [6.07, 6.45) is 0. The molecule has 0 unspecified atom stereocenters. The Morgan fingerprint density at radius 2 is 0.744 bits per heavy atom. The minimum absolute atomic E-state index is 0.0275. The molecule has 5 nitrogen and oxygen atoms in total. The molecule has 86 heavy (non-hydrogen) atoms. The molecule has 12 aromatic rings. The van der Waals surface area contributed by atoms with Crippen molar-refractivity contribution in [2.45, 2.75) is 38.5 Å². The number of fused-ring (bicyclic) bond motifs is 16. The van der Waals surface area contributed by atoms with Crippen LogP contribution in [0.3, 0.4) is 0 Å². The molecule has 4 heterocycles. The molecular formula is C78H55B2N3O2Se. The Morgan fingerprint density at radius 1 is 0.314 bits per heavy atom. The van der Waals surface area contributed by atoms with E-state index in [-0.39, 0.29) is 33.8 Å². The van der Waals surface area contributed by atoms with Crippen LogP contribution in [-0.4, -0.2) is 28.4 Å². The molecule has 406 valence electrons. The van der Waals surface area contributed by atoms with Crippen LogP contribution in [0.4, 0.5) is 51.2 Å². The molecule has 6 aliphatic rings. The molecule has 0 aromatic heterocycles. The maximum absolute atomic E-state index is 6.63. The van der Waals surface area contributed by atoms with Gasteiger partial charge in [-0.05, 0) is 12.1 Å². The number of hydrogen-bond acceptors (Lipinski definition) is 5. The molecule has 0 saturated heterocycles. The number of anilines is 9. The second kappa shape index (κ2) is 18.4. The summed E-state index contributed by atoms with van der Waals surface area (Å²) in [6.45, 7) is 9.61. The summed E-state index contributed by atoms with van der Waals surface area (Å²) < 4.78 is 16.1. The number of hydrogen-bond donors (Lipinski definition) is 0. The van der Waals surface area contributed by atoms with Crippen molar-refractivity contribution in [3.63, 3.8) is 0 Å². The summed E-state index contributed by atoms with van der Waals surface area (Å²) in [6, 6.07) is 96.3. The third kappa shape index (κ3) is 7.03. The van der Waals surface area contributed by atoms with Crippen LogP contribution in [0.5, 0.6) is 23.0 Å².